The minimum Gasteiger partial charge on any atom is -0.485 e. The third-order valence-corrected chi connectivity index (χ3v) is 5.71. The normalized spacial score (nSPS) is 25.5. The Morgan fingerprint density at radius 1 is 1.07 bits per heavy atom. The summed E-state index contributed by atoms with van der Waals surface area (Å²) in [6.07, 6.45) is -0.626. The number of rotatable bonds is 3. The Balaban J connectivity index is 1.27. The van der Waals surface area contributed by atoms with Gasteiger partial charge in [-0.05, 0) is 19.1 Å². The number of nitrogens with one attached hydrogen (secondary N) is 1. The summed E-state index contributed by atoms with van der Waals surface area (Å²) in [5.41, 5.74) is 0. The third kappa shape index (κ3) is 4.07. The number of ether oxygens (including phenoxy) is 2. The summed E-state index contributed by atoms with van der Waals surface area (Å²) in [4.78, 5) is 31.3. The highest BCUT2D eigenvalue weighted by molar-refractivity contribution is 5.83. The van der Waals surface area contributed by atoms with Crippen molar-refractivity contribution in [2.24, 2.45) is 0 Å². The number of amides is 2. The van der Waals surface area contributed by atoms with Crippen molar-refractivity contribution in [1.82, 2.24) is 20.0 Å². The summed E-state index contributed by atoms with van der Waals surface area (Å²) >= 11 is 0. The van der Waals surface area contributed by atoms with E-state index in [0.717, 1.165) is 19.6 Å². The van der Waals surface area contributed by atoms with E-state index in [1.807, 2.05) is 29.2 Å². The molecule has 2 amide bonds. The van der Waals surface area contributed by atoms with E-state index in [9.17, 15) is 9.59 Å². The second kappa shape index (κ2) is 8.36. The molecule has 2 fully saturated rings. The minimum absolute atomic E-state index is 0.0719. The first kappa shape index (κ1) is 19.0. The van der Waals surface area contributed by atoms with Gasteiger partial charge < -0.3 is 24.6 Å². The van der Waals surface area contributed by atoms with Crippen LogP contribution in [0.25, 0.3) is 0 Å². The van der Waals surface area contributed by atoms with E-state index in [-0.39, 0.29) is 18.4 Å². The molecular formula is C20H28N4O4. The number of para-hydroxylation sites is 2. The van der Waals surface area contributed by atoms with E-state index in [1.54, 1.807) is 4.90 Å². The zero-order valence-corrected chi connectivity index (χ0v) is 16.3. The second-order valence-corrected chi connectivity index (χ2v) is 7.59. The molecule has 1 aromatic carbocycles. The Morgan fingerprint density at radius 2 is 1.79 bits per heavy atom. The molecule has 3 heterocycles. The molecule has 8 heteroatoms. The maximum atomic E-state index is 12.8. The Kier molecular flexibility index (Phi) is 5.68. The summed E-state index contributed by atoms with van der Waals surface area (Å²) in [7, 11) is 0. The Bertz CT molecular complexity index is 720. The Hall–Kier alpha value is -2.32. The molecule has 4 rings (SSSR count). The van der Waals surface area contributed by atoms with Crippen LogP contribution in [0, 0.1) is 0 Å². The number of hydrogen-bond donors (Lipinski definition) is 1. The number of benzene rings is 1. The fraction of sp³-hybridized carbons (Fsp3) is 0.600. The highest BCUT2D eigenvalue weighted by Crippen LogP contribution is 2.31. The average molecular weight is 388 g/mol. The molecule has 0 bridgehead atoms. The van der Waals surface area contributed by atoms with Crippen LogP contribution in [-0.4, -0.2) is 97.6 Å². The molecular weight excluding hydrogens is 360 g/mol. The molecule has 0 aromatic heterocycles. The first-order chi connectivity index (χ1) is 13.6. The number of piperazine rings is 2. The SMILES string of the molecule is C[C@H]1CNCCN1CC(=O)N1CCN(C(=O)C2COc3ccccc3O2)CC1. The second-order valence-electron chi connectivity index (χ2n) is 7.59. The van der Waals surface area contributed by atoms with Crippen LogP contribution in [0.3, 0.4) is 0 Å². The van der Waals surface area contributed by atoms with Crippen molar-refractivity contribution >= 4 is 11.8 Å². The van der Waals surface area contributed by atoms with Crippen molar-refractivity contribution in [3.05, 3.63) is 24.3 Å². The highest BCUT2D eigenvalue weighted by Gasteiger charge is 2.33. The standard InChI is InChI=1S/C20H28N4O4/c1-15-12-21-6-7-24(15)13-19(25)22-8-10-23(11-9-22)20(26)18-14-27-16-4-2-3-5-17(16)28-18/h2-5,15,18,21H,6-14H2,1H3/t15-,18?/m0/s1. The van der Waals surface area contributed by atoms with Crippen molar-refractivity contribution in [3.8, 4) is 11.5 Å². The summed E-state index contributed by atoms with van der Waals surface area (Å²) in [6, 6.07) is 7.75. The summed E-state index contributed by atoms with van der Waals surface area (Å²) in [5, 5.41) is 3.34. The molecule has 8 nitrogen and oxygen atoms in total. The van der Waals surface area contributed by atoms with Gasteiger partial charge in [0.25, 0.3) is 5.91 Å². The molecule has 2 saturated heterocycles. The predicted molar refractivity (Wildman–Crippen MR) is 103 cm³/mol. The predicted octanol–water partition coefficient (Wildman–Crippen LogP) is -0.209. The average Bonchev–Trinajstić information content (AvgIpc) is 2.74. The molecule has 1 aromatic rings. The lowest BCUT2D eigenvalue weighted by molar-refractivity contribution is -0.146. The largest absolute Gasteiger partial charge is 0.485 e. The summed E-state index contributed by atoms with van der Waals surface area (Å²) in [5.74, 6) is 1.35. The van der Waals surface area contributed by atoms with Gasteiger partial charge in [-0.15, -0.1) is 0 Å². The molecule has 2 atom stereocenters. The van der Waals surface area contributed by atoms with Crippen molar-refractivity contribution in [1.29, 1.82) is 0 Å². The van der Waals surface area contributed by atoms with Crippen LogP contribution in [0.2, 0.25) is 0 Å². The van der Waals surface area contributed by atoms with Crippen molar-refractivity contribution in [2.75, 3.05) is 59.0 Å². The lowest BCUT2D eigenvalue weighted by Gasteiger charge is -2.39. The maximum Gasteiger partial charge on any atom is 0.267 e. The van der Waals surface area contributed by atoms with Gasteiger partial charge in [-0.2, -0.15) is 0 Å². The van der Waals surface area contributed by atoms with E-state index >= 15 is 0 Å². The highest BCUT2D eigenvalue weighted by atomic mass is 16.6. The third-order valence-electron chi connectivity index (χ3n) is 5.71. The van der Waals surface area contributed by atoms with Crippen molar-refractivity contribution < 1.29 is 19.1 Å². The first-order valence-corrected chi connectivity index (χ1v) is 10.0. The van der Waals surface area contributed by atoms with Crippen LogP contribution in [0.5, 0.6) is 11.5 Å². The number of fused-ring (bicyclic) bond motifs is 1. The van der Waals surface area contributed by atoms with Crippen LogP contribution in [0.1, 0.15) is 6.92 Å². The van der Waals surface area contributed by atoms with Gasteiger partial charge in [-0.1, -0.05) is 12.1 Å². The fourth-order valence-corrected chi connectivity index (χ4v) is 3.91. The van der Waals surface area contributed by atoms with E-state index in [0.29, 0.717) is 50.3 Å². The Morgan fingerprint density at radius 3 is 2.54 bits per heavy atom. The van der Waals surface area contributed by atoms with Crippen LogP contribution >= 0.6 is 0 Å². The maximum absolute atomic E-state index is 12.8. The van der Waals surface area contributed by atoms with Gasteiger partial charge in [-0.25, -0.2) is 0 Å². The van der Waals surface area contributed by atoms with Gasteiger partial charge in [0.15, 0.2) is 11.5 Å². The van der Waals surface area contributed by atoms with E-state index in [4.69, 9.17) is 9.47 Å². The first-order valence-electron chi connectivity index (χ1n) is 10.0. The van der Waals surface area contributed by atoms with Gasteiger partial charge in [0.1, 0.15) is 6.61 Å². The lowest BCUT2D eigenvalue weighted by atomic mass is 10.2. The molecule has 3 aliphatic rings. The van der Waals surface area contributed by atoms with Crippen molar-refractivity contribution in [3.63, 3.8) is 0 Å². The van der Waals surface area contributed by atoms with Gasteiger partial charge in [0, 0.05) is 51.9 Å². The monoisotopic (exact) mass is 388 g/mol. The molecule has 3 aliphatic heterocycles. The van der Waals surface area contributed by atoms with Crippen molar-refractivity contribution in [2.45, 2.75) is 19.1 Å². The molecule has 0 radical (unpaired) electrons. The van der Waals surface area contributed by atoms with Crippen LogP contribution in [0.4, 0.5) is 0 Å². The smallest absolute Gasteiger partial charge is 0.267 e. The zero-order valence-electron chi connectivity index (χ0n) is 16.3. The summed E-state index contributed by atoms with van der Waals surface area (Å²) < 4.78 is 11.5. The van der Waals surface area contributed by atoms with E-state index in [1.165, 1.54) is 0 Å². The molecule has 28 heavy (non-hydrogen) atoms. The van der Waals surface area contributed by atoms with Crippen LogP contribution in [0.15, 0.2) is 24.3 Å². The molecule has 0 aliphatic carbocycles. The zero-order chi connectivity index (χ0) is 19.5. The topological polar surface area (TPSA) is 74.4 Å². The molecule has 0 spiro atoms. The number of carbonyl (C=O) groups excluding carboxylic acids is 2. The summed E-state index contributed by atoms with van der Waals surface area (Å²) in [6.45, 7) is 7.74. The van der Waals surface area contributed by atoms with Gasteiger partial charge in [0.2, 0.25) is 12.0 Å². The number of carbonyl (C=O) groups is 2. The molecule has 1 N–H and O–H groups in total. The minimum atomic E-state index is -0.626. The fourth-order valence-electron chi connectivity index (χ4n) is 3.91. The van der Waals surface area contributed by atoms with Crippen LogP contribution in [-0.2, 0) is 9.59 Å². The molecule has 0 saturated carbocycles. The van der Waals surface area contributed by atoms with E-state index < -0.39 is 6.10 Å². The van der Waals surface area contributed by atoms with Gasteiger partial charge in [-0.3, -0.25) is 14.5 Å². The number of hydrogen-bond acceptors (Lipinski definition) is 6. The Labute approximate surface area is 165 Å². The van der Waals surface area contributed by atoms with Crippen LogP contribution < -0.4 is 14.8 Å². The number of nitrogens with zero attached hydrogens (tertiary/aromatic N) is 3. The molecule has 1 unspecified atom stereocenters. The quantitative estimate of drug-likeness (QED) is 0.773. The molecule has 152 valence electrons. The van der Waals surface area contributed by atoms with E-state index in [2.05, 4.69) is 17.1 Å². The van der Waals surface area contributed by atoms with Gasteiger partial charge in [0.05, 0.1) is 6.54 Å². The lowest BCUT2D eigenvalue weighted by Crippen LogP contribution is -2.57. The van der Waals surface area contributed by atoms with Gasteiger partial charge >= 0.3 is 0 Å².